The molecule has 1 aliphatic heterocycles. The maximum absolute atomic E-state index is 12.2. The van der Waals surface area contributed by atoms with Gasteiger partial charge in [0.15, 0.2) is 5.82 Å². The Balaban J connectivity index is 1.88. The lowest BCUT2D eigenvalue weighted by atomic mass is 10.0. The van der Waals surface area contributed by atoms with Gasteiger partial charge in [0.05, 0.1) is 17.8 Å². The molecule has 0 atom stereocenters. The molecule has 0 aliphatic carbocycles. The molecule has 7 nitrogen and oxygen atoms in total. The van der Waals surface area contributed by atoms with E-state index in [0.29, 0.717) is 22.6 Å². The van der Waals surface area contributed by atoms with Gasteiger partial charge in [0, 0.05) is 11.1 Å². The summed E-state index contributed by atoms with van der Waals surface area (Å²) in [6.45, 7) is 3.79. The summed E-state index contributed by atoms with van der Waals surface area (Å²) >= 11 is 0. The Morgan fingerprint density at radius 2 is 2.00 bits per heavy atom. The van der Waals surface area contributed by atoms with Crippen molar-refractivity contribution in [1.82, 2.24) is 15.1 Å². The second kappa shape index (κ2) is 4.87. The molecule has 0 saturated heterocycles. The van der Waals surface area contributed by atoms with Crippen LogP contribution in [0.4, 0.5) is 10.6 Å². The molecule has 22 heavy (non-hydrogen) atoms. The van der Waals surface area contributed by atoms with Gasteiger partial charge in [-0.05, 0) is 26.0 Å². The molecule has 0 unspecified atom stereocenters. The molecule has 1 aromatic heterocycles. The third-order valence-electron chi connectivity index (χ3n) is 3.97. The van der Waals surface area contributed by atoms with Gasteiger partial charge in [-0.25, -0.2) is 4.79 Å². The highest BCUT2D eigenvalue weighted by Crippen LogP contribution is 2.40. The molecule has 3 N–H and O–H groups in total. The van der Waals surface area contributed by atoms with Crippen LogP contribution >= 0.6 is 0 Å². The number of hydrogen-bond acceptors (Lipinski definition) is 3. The van der Waals surface area contributed by atoms with Gasteiger partial charge in [0.25, 0.3) is 5.91 Å². The molecule has 2 heterocycles. The first kappa shape index (κ1) is 14.1. The van der Waals surface area contributed by atoms with Gasteiger partial charge >= 0.3 is 6.09 Å². The van der Waals surface area contributed by atoms with Crippen molar-refractivity contribution in [2.75, 3.05) is 5.32 Å². The number of aromatic amines is 1. The number of fused-ring (bicyclic) bond motifs is 1. The van der Waals surface area contributed by atoms with Gasteiger partial charge in [-0.3, -0.25) is 14.8 Å². The van der Waals surface area contributed by atoms with Crippen molar-refractivity contribution < 1.29 is 14.7 Å². The van der Waals surface area contributed by atoms with E-state index in [1.165, 1.54) is 4.90 Å². The molecule has 2 aromatic rings. The summed E-state index contributed by atoms with van der Waals surface area (Å²) in [6.07, 6.45) is -1.00. The predicted molar refractivity (Wildman–Crippen MR) is 79.6 cm³/mol. The number of carbonyl (C=O) groups is 2. The van der Waals surface area contributed by atoms with Crippen molar-refractivity contribution in [3.8, 4) is 0 Å². The molecule has 0 bridgehead atoms. The van der Waals surface area contributed by atoms with Gasteiger partial charge in [-0.15, -0.1) is 0 Å². The Morgan fingerprint density at radius 1 is 1.32 bits per heavy atom. The SMILES string of the molecule is CC1(C)c2[nH]nc(NC(=O)c3ccccc3)c2CN1C(=O)O. The third kappa shape index (κ3) is 2.11. The Kier molecular flexibility index (Phi) is 3.13. The van der Waals surface area contributed by atoms with Crippen LogP contribution in [0.1, 0.15) is 35.5 Å². The van der Waals surface area contributed by atoms with E-state index in [1.54, 1.807) is 38.1 Å². The average molecular weight is 300 g/mol. The Hall–Kier alpha value is -2.83. The van der Waals surface area contributed by atoms with E-state index in [2.05, 4.69) is 15.5 Å². The number of nitrogens with one attached hydrogen (secondary N) is 2. The number of aromatic nitrogens is 2. The molecule has 0 spiro atoms. The first-order valence-corrected chi connectivity index (χ1v) is 6.86. The fourth-order valence-electron chi connectivity index (χ4n) is 2.70. The van der Waals surface area contributed by atoms with Crippen LogP contribution in [0.3, 0.4) is 0 Å². The molecule has 0 fully saturated rings. The lowest BCUT2D eigenvalue weighted by Gasteiger charge is -2.28. The van der Waals surface area contributed by atoms with E-state index in [-0.39, 0.29) is 12.5 Å². The van der Waals surface area contributed by atoms with Crippen LogP contribution in [0, 0.1) is 0 Å². The van der Waals surface area contributed by atoms with E-state index in [0.717, 1.165) is 0 Å². The first-order valence-electron chi connectivity index (χ1n) is 6.86. The van der Waals surface area contributed by atoms with Crippen molar-refractivity contribution in [1.29, 1.82) is 0 Å². The van der Waals surface area contributed by atoms with Crippen molar-refractivity contribution in [2.24, 2.45) is 0 Å². The number of carbonyl (C=O) groups excluding carboxylic acids is 1. The number of carboxylic acid groups (broad SMARTS) is 1. The number of nitrogens with zero attached hydrogens (tertiary/aromatic N) is 2. The second-order valence-electron chi connectivity index (χ2n) is 5.67. The minimum atomic E-state index is -1.00. The van der Waals surface area contributed by atoms with E-state index in [4.69, 9.17) is 0 Å². The van der Waals surface area contributed by atoms with Crippen molar-refractivity contribution in [3.05, 3.63) is 47.2 Å². The predicted octanol–water partition coefficient (Wildman–Crippen LogP) is 2.39. The van der Waals surface area contributed by atoms with Crippen molar-refractivity contribution in [3.63, 3.8) is 0 Å². The topological polar surface area (TPSA) is 98.3 Å². The number of hydrogen-bond donors (Lipinski definition) is 3. The molecular formula is C15H16N4O3. The first-order chi connectivity index (χ1) is 10.4. The van der Waals surface area contributed by atoms with Crippen LogP contribution in [-0.2, 0) is 12.1 Å². The minimum absolute atomic E-state index is 0.193. The van der Waals surface area contributed by atoms with Gasteiger partial charge < -0.3 is 10.4 Å². The van der Waals surface area contributed by atoms with Gasteiger partial charge in [0.1, 0.15) is 0 Å². The summed E-state index contributed by atoms with van der Waals surface area (Å²) in [6, 6.07) is 8.79. The van der Waals surface area contributed by atoms with Crippen LogP contribution < -0.4 is 5.32 Å². The zero-order chi connectivity index (χ0) is 15.9. The standard InChI is InChI=1S/C15H16N4O3/c1-15(2)11-10(8-19(15)14(21)22)12(18-17-11)16-13(20)9-6-4-3-5-7-9/h3-7H,8H2,1-2H3,(H,21,22)(H2,16,17,18,20). The third-order valence-corrected chi connectivity index (χ3v) is 3.97. The lowest BCUT2D eigenvalue weighted by Crippen LogP contribution is -2.39. The smallest absolute Gasteiger partial charge is 0.408 e. The van der Waals surface area contributed by atoms with Crippen LogP contribution in [0.15, 0.2) is 30.3 Å². The summed E-state index contributed by atoms with van der Waals surface area (Å²) in [5.41, 5.74) is 1.23. The van der Waals surface area contributed by atoms with Gasteiger partial charge in [0.2, 0.25) is 0 Å². The summed E-state index contributed by atoms with van der Waals surface area (Å²) in [5, 5.41) is 19.0. The summed E-state index contributed by atoms with van der Waals surface area (Å²) in [4.78, 5) is 24.9. The lowest BCUT2D eigenvalue weighted by molar-refractivity contribution is 0.0978. The molecule has 1 aromatic carbocycles. The number of rotatable bonds is 2. The fourth-order valence-corrected chi connectivity index (χ4v) is 2.70. The monoisotopic (exact) mass is 300 g/mol. The second-order valence-corrected chi connectivity index (χ2v) is 5.67. The van der Waals surface area contributed by atoms with E-state index < -0.39 is 11.6 Å². The Bertz CT molecular complexity index is 737. The maximum Gasteiger partial charge on any atom is 0.408 e. The number of anilines is 1. The Morgan fingerprint density at radius 3 is 2.64 bits per heavy atom. The van der Waals surface area contributed by atoms with E-state index >= 15 is 0 Å². The zero-order valence-electron chi connectivity index (χ0n) is 12.3. The highest BCUT2D eigenvalue weighted by molar-refractivity contribution is 6.04. The number of H-pyrrole nitrogens is 1. The molecule has 114 valence electrons. The van der Waals surface area contributed by atoms with Crippen LogP contribution in [-0.4, -0.2) is 32.2 Å². The quantitative estimate of drug-likeness (QED) is 0.793. The average Bonchev–Trinajstić information content (AvgIpc) is 2.99. The van der Waals surface area contributed by atoms with Gasteiger partial charge in [-0.2, -0.15) is 5.10 Å². The molecule has 0 radical (unpaired) electrons. The highest BCUT2D eigenvalue weighted by atomic mass is 16.4. The fraction of sp³-hybridized carbons (Fsp3) is 0.267. The van der Waals surface area contributed by atoms with Gasteiger partial charge in [-0.1, -0.05) is 18.2 Å². The Labute approximate surface area is 126 Å². The molecule has 3 rings (SSSR count). The number of benzene rings is 1. The minimum Gasteiger partial charge on any atom is -0.465 e. The van der Waals surface area contributed by atoms with Crippen LogP contribution in [0.25, 0.3) is 0 Å². The summed E-state index contributed by atoms with van der Waals surface area (Å²) in [5.74, 6) is 0.0992. The molecule has 1 aliphatic rings. The highest BCUT2D eigenvalue weighted by Gasteiger charge is 2.43. The van der Waals surface area contributed by atoms with Crippen molar-refractivity contribution >= 4 is 17.8 Å². The number of amides is 2. The van der Waals surface area contributed by atoms with E-state index in [9.17, 15) is 14.7 Å². The maximum atomic E-state index is 12.2. The van der Waals surface area contributed by atoms with Crippen molar-refractivity contribution in [2.45, 2.75) is 25.9 Å². The van der Waals surface area contributed by atoms with Crippen LogP contribution in [0.5, 0.6) is 0 Å². The normalized spacial score (nSPS) is 15.5. The molecule has 7 heteroatoms. The van der Waals surface area contributed by atoms with E-state index in [1.807, 2.05) is 6.07 Å². The largest absolute Gasteiger partial charge is 0.465 e. The molecule has 0 saturated carbocycles. The molecular weight excluding hydrogens is 284 g/mol. The summed E-state index contributed by atoms with van der Waals surface area (Å²) < 4.78 is 0. The summed E-state index contributed by atoms with van der Waals surface area (Å²) in [7, 11) is 0. The van der Waals surface area contributed by atoms with Crippen LogP contribution in [0.2, 0.25) is 0 Å². The molecule has 2 amide bonds. The zero-order valence-corrected chi connectivity index (χ0v) is 12.3.